The van der Waals surface area contributed by atoms with Crippen LogP contribution < -0.4 is 5.32 Å². The number of hydrogen-bond acceptors (Lipinski definition) is 1. The second-order valence-corrected chi connectivity index (χ2v) is 6.22. The van der Waals surface area contributed by atoms with Crippen LogP contribution in [0, 0.1) is 0 Å². The van der Waals surface area contributed by atoms with Crippen molar-refractivity contribution in [2.24, 2.45) is 0 Å². The minimum Gasteiger partial charge on any atom is -0.356 e. The predicted octanol–water partition coefficient (Wildman–Crippen LogP) is 4.37. The summed E-state index contributed by atoms with van der Waals surface area (Å²) in [6.07, 6.45) is 8.72. The average molecular weight is 287 g/mol. The number of rotatable bonds is 7. The Balaban J connectivity index is 1.89. The van der Waals surface area contributed by atoms with Gasteiger partial charge in [0, 0.05) is 13.0 Å². The van der Waals surface area contributed by atoms with E-state index in [2.05, 4.69) is 37.4 Å². The molecule has 0 aliphatic heterocycles. The second-order valence-electron chi connectivity index (χ2n) is 6.22. The molecule has 2 heteroatoms. The van der Waals surface area contributed by atoms with Crippen molar-refractivity contribution in [2.45, 2.75) is 71.1 Å². The molecule has 0 fully saturated rings. The monoisotopic (exact) mass is 287 g/mol. The molecular formula is C19H29NO. The second kappa shape index (κ2) is 8.21. The molecule has 1 amide bonds. The number of fused-ring (bicyclic) bond motifs is 1. The van der Waals surface area contributed by atoms with Gasteiger partial charge in [0.05, 0.1) is 0 Å². The van der Waals surface area contributed by atoms with Gasteiger partial charge in [-0.3, -0.25) is 4.79 Å². The number of unbranched alkanes of at least 4 members (excludes halogenated alkanes) is 1. The van der Waals surface area contributed by atoms with Gasteiger partial charge in [0.1, 0.15) is 0 Å². The molecule has 1 unspecified atom stereocenters. The molecule has 0 aromatic heterocycles. The Hall–Kier alpha value is -1.31. The minimum atomic E-state index is 0.218. The molecule has 1 aromatic carbocycles. The molecule has 1 aromatic rings. The van der Waals surface area contributed by atoms with Crippen molar-refractivity contribution >= 4 is 5.91 Å². The van der Waals surface area contributed by atoms with E-state index >= 15 is 0 Å². The van der Waals surface area contributed by atoms with Crippen LogP contribution in [0.2, 0.25) is 0 Å². The van der Waals surface area contributed by atoms with E-state index in [0.29, 0.717) is 12.3 Å². The number of benzene rings is 1. The maximum atomic E-state index is 11.7. The number of amides is 1. The van der Waals surface area contributed by atoms with Crippen molar-refractivity contribution in [1.82, 2.24) is 5.32 Å². The van der Waals surface area contributed by atoms with Crippen LogP contribution in [-0.2, 0) is 17.6 Å². The van der Waals surface area contributed by atoms with Crippen LogP contribution in [0.1, 0.15) is 75.0 Å². The first kappa shape index (κ1) is 16.1. The van der Waals surface area contributed by atoms with Gasteiger partial charge in [0.2, 0.25) is 5.91 Å². The Bertz CT molecular complexity index is 467. The smallest absolute Gasteiger partial charge is 0.219 e. The van der Waals surface area contributed by atoms with Crippen LogP contribution in [0.3, 0.4) is 0 Å². The first-order valence-corrected chi connectivity index (χ1v) is 8.63. The van der Waals surface area contributed by atoms with Gasteiger partial charge in [0.15, 0.2) is 0 Å². The van der Waals surface area contributed by atoms with Gasteiger partial charge >= 0.3 is 0 Å². The average Bonchev–Trinajstić information content (AvgIpc) is 2.52. The first-order valence-electron chi connectivity index (χ1n) is 8.63. The topological polar surface area (TPSA) is 29.1 Å². The SMILES string of the molecule is CCCCC(=O)NCCC1CCCc2ccc(CC)cc21. The molecule has 1 aliphatic rings. The molecule has 0 heterocycles. The lowest BCUT2D eigenvalue weighted by atomic mass is 9.80. The van der Waals surface area contributed by atoms with E-state index in [9.17, 15) is 4.79 Å². The molecule has 1 atom stereocenters. The third-order valence-corrected chi connectivity index (χ3v) is 4.63. The number of aryl methyl sites for hydroxylation is 2. The number of carbonyl (C=O) groups excluding carboxylic acids is 1. The molecule has 0 saturated heterocycles. The molecule has 1 N–H and O–H groups in total. The summed E-state index contributed by atoms with van der Waals surface area (Å²) in [5.74, 6) is 0.849. The molecule has 21 heavy (non-hydrogen) atoms. The van der Waals surface area contributed by atoms with Gasteiger partial charge < -0.3 is 5.32 Å². The van der Waals surface area contributed by atoms with E-state index in [1.165, 1.54) is 30.4 Å². The lowest BCUT2D eigenvalue weighted by Crippen LogP contribution is -2.26. The Morgan fingerprint density at radius 2 is 2.19 bits per heavy atom. The molecular weight excluding hydrogens is 258 g/mol. The third-order valence-electron chi connectivity index (χ3n) is 4.63. The molecule has 0 bridgehead atoms. The maximum absolute atomic E-state index is 11.7. The van der Waals surface area contributed by atoms with Crippen LogP contribution in [0.5, 0.6) is 0 Å². The van der Waals surface area contributed by atoms with Gasteiger partial charge in [-0.15, -0.1) is 0 Å². The summed E-state index contributed by atoms with van der Waals surface area (Å²) < 4.78 is 0. The highest BCUT2D eigenvalue weighted by Gasteiger charge is 2.20. The third kappa shape index (κ3) is 4.59. The summed E-state index contributed by atoms with van der Waals surface area (Å²) in [6.45, 7) is 5.16. The number of nitrogens with one attached hydrogen (secondary N) is 1. The summed E-state index contributed by atoms with van der Waals surface area (Å²) in [7, 11) is 0. The normalized spacial score (nSPS) is 17.3. The quantitative estimate of drug-likeness (QED) is 0.793. The van der Waals surface area contributed by atoms with E-state index in [1.807, 2.05) is 0 Å². The van der Waals surface area contributed by atoms with Crippen molar-refractivity contribution in [3.8, 4) is 0 Å². The Morgan fingerprint density at radius 1 is 1.33 bits per heavy atom. The van der Waals surface area contributed by atoms with E-state index < -0.39 is 0 Å². The van der Waals surface area contributed by atoms with Crippen LogP contribution in [0.25, 0.3) is 0 Å². The lowest BCUT2D eigenvalue weighted by Gasteiger charge is -2.26. The van der Waals surface area contributed by atoms with Crippen molar-refractivity contribution in [2.75, 3.05) is 6.54 Å². The highest BCUT2D eigenvalue weighted by molar-refractivity contribution is 5.75. The standard InChI is InChI=1S/C19H29NO/c1-3-5-9-19(21)20-13-12-17-8-6-7-16-11-10-15(4-2)14-18(16)17/h10-11,14,17H,3-9,12-13H2,1-2H3,(H,20,21). The summed E-state index contributed by atoms with van der Waals surface area (Å²) >= 11 is 0. The van der Waals surface area contributed by atoms with Crippen LogP contribution in [-0.4, -0.2) is 12.5 Å². The Labute approximate surface area is 129 Å². The molecule has 0 saturated carbocycles. The van der Waals surface area contributed by atoms with Crippen molar-refractivity contribution < 1.29 is 4.79 Å². The van der Waals surface area contributed by atoms with E-state index in [0.717, 1.165) is 32.2 Å². The van der Waals surface area contributed by atoms with Gasteiger partial charge in [0.25, 0.3) is 0 Å². The number of carbonyl (C=O) groups is 1. The fourth-order valence-corrected chi connectivity index (χ4v) is 3.28. The van der Waals surface area contributed by atoms with Gasteiger partial charge in [-0.2, -0.15) is 0 Å². The van der Waals surface area contributed by atoms with Crippen molar-refractivity contribution in [1.29, 1.82) is 0 Å². The molecule has 1 aliphatic carbocycles. The zero-order valence-corrected chi connectivity index (χ0v) is 13.6. The molecule has 2 nitrogen and oxygen atoms in total. The zero-order chi connectivity index (χ0) is 15.1. The Morgan fingerprint density at radius 3 is 2.95 bits per heavy atom. The maximum Gasteiger partial charge on any atom is 0.219 e. The van der Waals surface area contributed by atoms with Crippen LogP contribution >= 0.6 is 0 Å². The Kier molecular flexibility index (Phi) is 6.28. The molecule has 0 spiro atoms. The first-order chi connectivity index (χ1) is 10.2. The van der Waals surface area contributed by atoms with E-state index in [-0.39, 0.29) is 5.91 Å². The van der Waals surface area contributed by atoms with Gasteiger partial charge in [-0.1, -0.05) is 38.5 Å². The van der Waals surface area contributed by atoms with Crippen molar-refractivity contribution in [3.05, 3.63) is 34.9 Å². The minimum absolute atomic E-state index is 0.218. The lowest BCUT2D eigenvalue weighted by molar-refractivity contribution is -0.121. The highest BCUT2D eigenvalue weighted by Crippen LogP contribution is 2.34. The molecule has 0 radical (unpaired) electrons. The summed E-state index contributed by atoms with van der Waals surface area (Å²) in [4.78, 5) is 11.7. The fourth-order valence-electron chi connectivity index (χ4n) is 3.28. The van der Waals surface area contributed by atoms with E-state index in [1.54, 1.807) is 5.56 Å². The fraction of sp³-hybridized carbons (Fsp3) is 0.632. The predicted molar refractivity (Wildman–Crippen MR) is 88.7 cm³/mol. The summed E-state index contributed by atoms with van der Waals surface area (Å²) in [5.41, 5.74) is 4.51. The largest absolute Gasteiger partial charge is 0.356 e. The molecule has 116 valence electrons. The zero-order valence-electron chi connectivity index (χ0n) is 13.6. The summed E-state index contributed by atoms with van der Waals surface area (Å²) in [5, 5.41) is 3.09. The van der Waals surface area contributed by atoms with Gasteiger partial charge in [-0.25, -0.2) is 0 Å². The molecule has 2 rings (SSSR count). The van der Waals surface area contributed by atoms with Crippen molar-refractivity contribution in [3.63, 3.8) is 0 Å². The van der Waals surface area contributed by atoms with Crippen LogP contribution in [0.15, 0.2) is 18.2 Å². The van der Waals surface area contributed by atoms with Gasteiger partial charge in [-0.05, 0) is 61.1 Å². The highest BCUT2D eigenvalue weighted by atomic mass is 16.1. The number of hydrogen-bond donors (Lipinski definition) is 1. The van der Waals surface area contributed by atoms with E-state index in [4.69, 9.17) is 0 Å². The summed E-state index contributed by atoms with van der Waals surface area (Å²) in [6, 6.07) is 6.99. The van der Waals surface area contributed by atoms with Crippen LogP contribution in [0.4, 0.5) is 0 Å².